The van der Waals surface area contributed by atoms with Crippen LogP contribution in [-0.4, -0.2) is 75.3 Å². The van der Waals surface area contributed by atoms with E-state index in [0.29, 0.717) is 0 Å². The van der Waals surface area contributed by atoms with Gasteiger partial charge in [0, 0.05) is 6.42 Å². The van der Waals surface area contributed by atoms with Gasteiger partial charge in [-0.25, -0.2) is 8.42 Å². The predicted molar refractivity (Wildman–Crippen MR) is 126 cm³/mol. The van der Waals surface area contributed by atoms with Gasteiger partial charge in [-0.2, -0.15) is 0 Å². The topological polar surface area (TPSA) is 57.2 Å². The van der Waals surface area contributed by atoms with Gasteiger partial charge < -0.3 is 13.5 Å². The lowest BCUT2D eigenvalue weighted by Crippen LogP contribution is -2.49. The predicted octanol–water partition coefficient (Wildman–Crippen LogP) is 3.91. The summed E-state index contributed by atoms with van der Waals surface area (Å²) in [5.41, 5.74) is 0.928. The van der Waals surface area contributed by atoms with Crippen LogP contribution in [0, 0.1) is 6.92 Å². The third kappa shape index (κ3) is 11.3. The summed E-state index contributed by atoms with van der Waals surface area (Å²) in [6.07, 6.45) is 9.21. The molecule has 0 radical (unpaired) electrons. The van der Waals surface area contributed by atoms with Gasteiger partial charge in [0.15, 0.2) is 0 Å². The van der Waals surface area contributed by atoms with Gasteiger partial charge in [-0.15, -0.1) is 0 Å². The van der Waals surface area contributed by atoms with E-state index in [9.17, 15) is 13.0 Å². The Morgan fingerprint density at radius 2 is 1.13 bits per heavy atom. The molecule has 5 nitrogen and oxygen atoms in total. The summed E-state index contributed by atoms with van der Waals surface area (Å²) in [5.74, 6) is 0. The molecule has 1 aromatic carbocycles. The lowest BCUT2D eigenvalue weighted by Gasteiger charge is -2.36. The highest BCUT2D eigenvalue weighted by Crippen LogP contribution is 2.10. The number of benzene rings is 1. The number of hydrogen-bond donors (Lipinski definition) is 0. The second kappa shape index (κ2) is 13.3. The highest BCUT2D eigenvalue weighted by Gasteiger charge is 2.22. The highest BCUT2D eigenvalue weighted by molar-refractivity contribution is 7.85. The van der Waals surface area contributed by atoms with Crippen molar-refractivity contribution in [1.82, 2.24) is 0 Å². The number of rotatable bonds is 13. The molecule has 0 saturated carbocycles. The van der Waals surface area contributed by atoms with E-state index in [0.717, 1.165) is 53.8 Å². The van der Waals surface area contributed by atoms with E-state index in [-0.39, 0.29) is 4.90 Å². The average molecular weight is 436 g/mol. The Hall–Kier alpha value is -1.99. The van der Waals surface area contributed by atoms with E-state index in [4.69, 9.17) is 0 Å². The Kier molecular flexibility index (Phi) is 12.5. The maximum absolute atomic E-state index is 10.4. The molecule has 30 heavy (non-hydrogen) atoms. The van der Waals surface area contributed by atoms with Crippen LogP contribution in [-0.2, 0) is 10.1 Å². The number of hydrogen-bond acceptors (Lipinski definition) is 3. The monoisotopic (exact) mass is 435 g/mol. The lowest BCUT2D eigenvalue weighted by atomic mass is 10.2. The van der Waals surface area contributed by atoms with Crippen molar-refractivity contribution >= 4 is 10.1 Å². The van der Waals surface area contributed by atoms with Crippen LogP contribution in [0.25, 0.3) is 0 Å². The van der Waals surface area contributed by atoms with E-state index in [1.807, 2.05) is 31.2 Å². The fourth-order valence-corrected chi connectivity index (χ4v) is 3.77. The fraction of sp³-hybridized carbons (Fsp3) is 0.417. The normalized spacial score (nSPS) is 11.7. The van der Waals surface area contributed by atoms with E-state index in [2.05, 4.69) is 40.4 Å². The molecule has 0 atom stereocenters. The van der Waals surface area contributed by atoms with Crippen molar-refractivity contribution in [3.63, 3.8) is 0 Å². The third-order valence-corrected chi connectivity index (χ3v) is 5.83. The minimum absolute atomic E-state index is 0.178. The molecule has 0 saturated heterocycles. The Labute approximate surface area is 184 Å². The Balaban J connectivity index is 0.000000642. The summed E-state index contributed by atoms with van der Waals surface area (Å²) >= 11 is 0. The van der Waals surface area contributed by atoms with Crippen molar-refractivity contribution in [2.45, 2.75) is 18.2 Å². The van der Waals surface area contributed by atoms with Gasteiger partial charge in [0.25, 0.3) is 0 Å². The molecule has 0 unspecified atom stereocenters. The van der Waals surface area contributed by atoms with Crippen molar-refractivity contribution in [3.05, 3.63) is 80.4 Å². The largest absolute Gasteiger partial charge is 0.744 e. The van der Waals surface area contributed by atoms with Crippen molar-refractivity contribution < 1.29 is 21.9 Å². The van der Waals surface area contributed by atoms with Gasteiger partial charge >= 0.3 is 0 Å². The summed E-state index contributed by atoms with van der Waals surface area (Å²) in [7, 11) is 0.275. The third-order valence-electron chi connectivity index (χ3n) is 4.99. The van der Waals surface area contributed by atoms with Gasteiger partial charge in [-0.1, -0.05) is 44.0 Å². The second-order valence-corrected chi connectivity index (χ2v) is 9.57. The van der Waals surface area contributed by atoms with Gasteiger partial charge in [0.2, 0.25) is 0 Å². The molecule has 0 amide bonds. The molecular formula is C24H39N2O3S+. The molecule has 168 valence electrons. The van der Waals surface area contributed by atoms with E-state index in [1.54, 1.807) is 12.1 Å². The Bertz CT molecular complexity index is 733. The van der Waals surface area contributed by atoms with E-state index >= 15 is 0 Å². The maximum atomic E-state index is 10.4. The minimum Gasteiger partial charge on any atom is -0.744 e. The minimum atomic E-state index is -4.27. The van der Waals surface area contributed by atoms with Gasteiger partial charge in [-0.05, 0) is 43.4 Å². The zero-order chi connectivity index (χ0) is 23.3. The second-order valence-electron chi connectivity index (χ2n) is 8.19. The lowest BCUT2D eigenvalue weighted by molar-refractivity contribution is -0.917. The molecule has 0 aliphatic carbocycles. The number of quaternary nitrogens is 2. The molecule has 1 rings (SSSR count). The van der Waals surface area contributed by atoms with Gasteiger partial charge in [0.1, 0.15) is 10.1 Å². The van der Waals surface area contributed by atoms with Crippen LogP contribution in [0.2, 0.25) is 0 Å². The quantitative estimate of drug-likeness (QED) is 0.268. The van der Waals surface area contributed by atoms with E-state index < -0.39 is 10.1 Å². The number of nitrogens with zero attached hydrogens (tertiary/aromatic N) is 2. The molecule has 0 fully saturated rings. The van der Waals surface area contributed by atoms with Crippen molar-refractivity contribution in [1.29, 1.82) is 0 Å². The summed E-state index contributed by atoms with van der Waals surface area (Å²) in [4.78, 5) is -0.178. The van der Waals surface area contributed by atoms with Crippen molar-refractivity contribution in [2.75, 3.05) is 53.4 Å². The molecule has 0 aliphatic rings. The van der Waals surface area contributed by atoms with Crippen LogP contribution >= 0.6 is 0 Å². The molecule has 6 heteroatoms. The van der Waals surface area contributed by atoms with Gasteiger partial charge in [0.05, 0.1) is 58.3 Å². The summed E-state index contributed by atoms with van der Waals surface area (Å²) in [6.45, 7) is 23.6. The molecule has 1 aromatic rings. The first-order valence-electron chi connectivity index (χ1n) is 10.1. The first kappa shape index (κ1) is 28.0. The summed E-state index contributed by atoms with van der Waals surface area (Å²) in [6, 6.07) is 5.78. The smallest absolute Gasteiger partial charge is 0.124 e. The molecule has 0 spiro atoms. The van der Waals surface area contributed by atoms with E-state index in [1.165, 1.54) is 18.6 Å². The van der Waals surface area contributed by atoms with Crippen LogP contribution in [0.15, 0.2) is 79.8 Å². The molecule has 0 aromatic heterocycles. The van der Waals surface area contributed by atoms with Crippen LogP contribution in [0.5, 0.6) is 0 Å². The van der Waals surface area contributed by atoms with Gasteiger partial charge in [-0.3, -0.25) is 0 Å². The van der Waals surface area contributed by atoms with Crippen molar-refractivity contribution in [2.24, 2.45) is 0 Å². The molecule has 0 heterocycles. The van der Waals surface area contributed by atoms with Crippen LogP contribution in [0.4, 0.5) is 0 Å². The summed E-state index contributed by atoms with van der Waals surface area (Å²) in [5, 5.41) is 0. The number of likely N-dealkylation sites (N-methyl/N-ethyl adjacent to an activating group) is 2. The average Bonchev–Trinajstić information content (AvgIpc) is 2.62. The maximum Gasteiger partial charge on any atom is 0.124 e. The Morgan fingerprint density at radius 3 is 1.40 bits per heavy atom. The Morgan fingerprint density at radius 1 is 0.800 bits per heavy atom. The first-order chi connectivity index (χ1) is 13.9. The summed E-state index contributed by atoms with van der Waals surface area (Å²) < 4.78 is 33.2. The SMILES string of the molecule is C=CC[N+](C)(CC=C)CCC[N+](C)(CC=C)CC=C.Cc1ccc(S(=O)(=O)[O-])cc1. The molecular weight excluding hydrogens is 396 g/mol. The molecule has 0 aliphatic heterocycles. The number of aryl methyl sites for hydroxylation is 1. The highest BCUT2D eigenvalue weighted by atomic mass is 32.2. The zero-order valence-corrected chi connectivity index (χ0v) is 19.7. The van der Waals surface area contributed by atoms with Crippen LogP contribution in [0.1, 0.15) is 12.0 Å². The van der Waals surface area contributed by atoms with Crippen molar-refractivity contribution in [3.8, 4) is 0 Å². The molecule has 0 N–H and O–H groups in total. The molecule has 0 bridgehead atoms. The van der Waals surface area contributed by atoms with Crippen LogP contribution in [0.3, 0.4) is 0 Å². The standard InChI is InChI=1S/C17H32N2.C7H8O3S/c1-7-12-18(5,13-8-2)16-11-17-19(6,14-9-3)15-10-4;1-6-2-4-7(5-3-6)11(8,9)10/h7-10H,1-4,11-17H2,5-6H3;2-5H,1H3,(H,8,9,10)/q+2;/p-1. The fourth-order valence-electron chi connectivity index (χ4n) is 3.30. The first-order valence-corrected chi connectivity index (χ1v) is 11.5. The zero-order valence-electron chi connectivity index (χ0n) is 18.9. The van der Waals surface area contributed by atoms with Crippen LogP contribution < -0.4 is 0 Å².